The summed E-state index contributed by atoms with van der Waals surface area (Å²) in [5, 5.41) is 3.36. The highest BCUT2D eigenvalue weighted by molar-refractivity contribution is 7.93. The van der Waals surface area contributed by atoms with Crippen molar-refractivity contribution in [2.45, 2.75) is 43.5 Å². The van der Waals surface area contributed by atoms with Crippen molar-refractivity contribution < 1.29 is 22.7 Å². The van der Waals surface area contributed by atoms with Crippen molar-refractivity contribution in [3.63, 3.8) is 0 Å². The number of anilines is 2. The second kappa shape index (κ2) is 15.6. The van der Waals surface area contributed by atoms with Crippen molar-refractivity contribution in [3.8, 4) is 5.75 Å². The van der Waals surface area contributed by atoms with Gasteiger partial charge in [0.05, 0.1) is 23.7 Å². The zero-order valence-corrected chi connectivity index (χ0v) is 29.2. The third-order valence-electron chi connectivity index (χ3n) is 7.15. The van der Waals surface area contributed by atoms with Crippen LogP contribution in [-0.4, -0.2) is 44.0 Å². The Balaban J connectivity index is 1.63. The van der Waals surface area contributed by atoms with Crippen LogP contribution in [0.1, 0.15) is 31.4 Å². The van der Waals surface area contributed by atoms with Crippen molar-refractivity contribution in [2.75, 3.05) is 30.0 Å². The first kappa shape index (κ1) is 35.6. The average Bonchev–Trinajstić information content (AvgIpc) is 3.03. The summed E-state index contributed by atoms with van der Waals surface area (Å²) in [5.74, 6) is -0.457. The Hall–Kier alpha value is -3.21. The highest BCUT2D eigenvalue weighted by atomic mass is 35.5. The third kappa shape index (κ3) is 7.83. The van der Waals surface area contributed by atoms with Crippen LogP contribution >= 0.6 is 46.4 Å². The number of ether oxygens (including phenoxy) is 2. The van der Waals surface area contributed by atoms with Crippen molar-refractivity contribution in [1.29, 1.82) is 0 Å². The van der Waals surface area contributed by atoms with Gasteiger partial charge in [-0.15, -0.1) is 0 Å². The number of hydrogen-bond donors (Lipinski definition) is 1. The Kier molecular flexibility index (Phi) is 12.1. The molecule has 0 bridgehead atoms. The van der Waals surface area contributed by atoms with E-state index in [0.717, 1.165) is 11.1 Å². The van der Waals surface area contributed by atoms with Crippen molar-refractivity contribution in [3.05, 3.63) is 110 Å². The summed E-state index contributed by atoms with van der Waals surface area (Å²) in [5.41, 5.74) is 2.53. The molecule has 0 fully saturated rings. The predicted octanol–water partition coefficient (Wildman–Crippen LogP) is 8.64. The number of carbonyl (C=O) groups is 1. The van der Waals surface area contributed by atoms with Gasteiger partial charge in [0.15, 0.2) is 10.3 Å². The van der Waals surface area contributed by atoms with E-state index in [1.54, 1.807) is 50.2 Å². The lowest BCUT2D eigenvalue weighted by molar-refractivity contribution is -0.145. The molecule has 4 rings (SSSR count). The maximum absolute atomic E-state index is 14.0. The maximum Gasteiger partial charge on any atom is 0.348 e. The van der Waals surface area contributed by atoms with Gasteiger partial charge >= 0.3 is 5.97 Å². The Morgan fingerprint density at radius 2 is 1.52 bits per heavy atom. The number of halogens is 4. The van der Waals surface area contributed by atoms with Crippen LogP contribution in [0.2, 0.25) is 20.4 Å². The fourth-order valence-corrected chi connectivity index (χ4v) is 7.72. The van der Waals surface area contributed by atoms with Gasteiger partial charge in [0.2, 0.25) is 14.7 Å². The number of aryl methyl sites for hydroxylation is 1. The smallest absolute Gasteiger partial charge is 0.348 e. The van der Waals surface area contributed by atoms with Gasteiger partial charge in [-0.05, 0) is 55.7 Å². The molecule has 0 radical (unpaired) electrons. The van der Waals surface area contributed by atoms with Crippen molar-refractivity contribution in [2.24, 2.45) is 0 Å². The minimum absolute atomic E-state index is 0.00585. The lowest BCUT2D eigenvalue weighted by Gasteiger charge is -2.32. The second-order valence-electron chi connectivity index (χ2n) is 10.3. The number of hydrogen-bond acceptors (Lipinski definition) is 8. The fraction of sp³-hybridized carbons (Fsp3) is 0.273. The quantitative estimate of drug-likeness (QED) is 0.102. The molecule has 0 amide bonds. The number of esters is 1. The third-order valence-corrected chi connectivity index (χ3v) is 11.0. The second-order valence-corrected chi connectivity index (χ2v) is 14.0. The molecule has 0 saturated heterocycles. The number of pyridine rings is 1. The molecule has 0 aliphatic rings. The monoisotopic (exact) mass is 723 g/mol. The molecule has 1 N–H and O–H groups in total. The number of benzene rings is 3. The van der Waals surface area contributed by atoms with Gasteiger partial charge in [0.25, 0.3) is 0 Å². The molecule has 1 heterocycles. The number of nitrogens with zero attached hydrogens (tertiary/aromatic N) is 2. The van der Waals surface area contributed by atoms with Crippen LogP contribution in [0.4, 0.5) is 11.4 Å². The van der Waals surface area contributed by atoms with Gasteiger partial charge < -0.3 is 19.7 Å². The molecular weight excluding hydrogens is 692 g/mol. The Morgan fingerprint density at radius 3 is 2.11 bits per heavy atom. The lowest BCUT2D eigenvalue weighted by Crippen LogP contribution is -2.53. The van der Waals surface area contributed by atoms with Gasteiger partial charge in [0.1, 0.15) is 22.4 Å². The fourth-order valence-electron chi connectivity index (χ4n) is 4.94. The van der Waals surface area contributed by atoms with Gasteiger partial charge in [-0.2, -0.15) is 0 Å². The van der Waals surface area contributed by atoms with Gasteiger partial charge in [0, 0.05) is 18.3 Å². The molecule has 13 heteroatoms. The first-order valence-electron chi connectivity index (χ1n) is 14.4. The van der Waals surface area contributed by atoms with Gasteiger partial charge in [-0.1, -0.05) is 102 Å². The van der Waals surface area contributed by atoms with E-state index in [0.29, 0.717) is 30.2 Å². The van der Waals surface area contributed by atoms with E-state index in [2.05, 4.69) is 10.3 Å². The molecule has 46 heavy (non-hydrogen) atoms. The molecule has 0 spiro atoms. The SMILES string of the molecule is CCOC(=O)C(CC)(Nc1cc(C)cc(OCCN(Cc2ccccc2)c2c(Cl)c(Cl)nc(Cl)c2Cl)c1)S(=O)(=O)c1ccccc1. The minimum atomic E-state index is -4.25. The Labute approximate surface area is 289 Å². The number of carbonyl (C=O) groups excluding carboxylic acids is 1. The molecule has 1 atom stereocenters. The summed E-state index contributed by atoms with van der Waals surface area (Å²) in [6.45, 7) is 5.98. The van der Waals surface area contributed by atoms with Crippen molar-refractivity contribution in [1.82, 2.24) is 4.98 Å². The van der Waals surface area contributed by atoms with E-state index < -0.39 is 20.7 Å². The molecule has 8 nitrogen and oxygen atoms in total. The summed E-state index contributed by atoms with van der Waals surface area (Å²) in [6, 6.07) is 22.7. The Morgan fingerprint density at radius 1 is 0.913 bits per heavy atom. The number of nitrogens with one attached hydrogen (secondary N) is 1. The summed E-state index contributed by atoms with van der Waals surface area (Å²) in [6.07, 6.45) is -0.0970. The largest absolute Gasteiger partial charge is 0.492 e. The molecular formula is C33H33Cl4N3O5S. The molecule has 244 valence electrons. The molecule has 1 aromatic heterocycles. The number of rotatable bonds is 14. The zero-order chi connectivity index (χ0) is 33.5. The highest BCUT2D eigenvalue weighted by Crippen LogP contribution is 2.42. The molecule has 0 saturated carbocycles. The maximum atomic E-state index is 14.0. The normalized spacial score (nSPS) is 12.7. The van der Waals surface area contributed by atoms with Crippen LogP contribution in [-0.2, 0) is 25.9 Å². The highest BCUT2D eigenvalue weighted by Gasteiger charge is 2.52. The van der Waals surface area contributed by atoms with Gasteiger partial charge in [-0.3, -0.25) is 0 Å². The minimum Gasteiger partial charge on any atom is -0.492 e. The van der Waals surface area contributed by atoms with Crippen LogP contribution in [0.25, 0.3) is 0 Å². The molecule has 0 aliphatic carbocycles. The summed E-state index contributed by atoms with van der Waals surface area (Å²) in [4.78, 5) is 17.2. The van der Waals surface area contributed by atoms with E-state index in [4.69, 9.17) is 55.9 Å². The number of sulfone groups is 1. The topological polar surface area (TPSA) is 97.8 Å². The van der Waals surface area contributed by atoms with Crippen LogP contribution in [0, 0.1) is 6.92 Å². The van der Waals surface area contributed by atoms with E-state index in [-0.39, 0.29) is 44.9 Å². The summed E-state index contributed by atoms with van der Waals surface area (Å²) in [7, 11) is -4.25. The average molecular weight is 726 g/mol. The van der Waals surface area contributed by atoms with E-state index in [1.165, 1.54) is 12.1 Å². The van der Waals surface area contributed by atoms with Crippen molar-refractivity contribution >= 4 is 73.6 Å². The summed E-state index contributed by atoms with van der Waals surface area (Å²) >= 11 is 25.6. The van der Waals surface area contributed by atoms with Gasteiger partial charge in [-0.25, -0.2) is 18.2 Å². The Bertz CT molecular complexity index is 1750. The summed E-state index contributed by atoms with van der Waals surface area (Å²) < 4.78 is 39.4. The van der Waals surface area contributed by atoms with E-state index in [9.17, 15) is 13.2 Å². The first-order valence-corrected chi connectivity index (χ1v) is 17.4. The van der Waals surface area contributed by atoms with E-state index >= 15 is 0 Å². The lowest BCUT2D eigenvalue weighted by atomic mass is 10.1. The van der Waals surface area contributed by atoms with Crippen LogP contribution in [0.3, 0.4) is 0 Å². The predicted molar refractivity (Wildman–Crippen MR) is 185 cm³/mol. The number of aromatic nitrogens is 1. The van der Waals surface area contributed by atoms with E-state index in [1.807, 2.05) is 42.2 Å². The molecule has 1 unspecified atom stereocenters. The molecule has 4 aromatic rings. The standard InChI is InChI=1S/C33H33Cl4N3O5S/c1-4-33(32(41)44-5-2,46(42,43)26-14-10-7-11-15-26)39-24-18-22(3)19-25(20-24)45-17-16-40(21-23-12-8-6-9-13-23)29-27(34)30(36)38-31(37)28(29)35/h6-15,18-20,39H,4-5,16-17,21H2,1-3H3. The van der Waals surface area contributed by atoms with Crippen LogP contribution in [0.15, 0.2) is 83.8 Å². The molecule has 3 aromatic carbocycles. The van der Waals surface area contributed by atoms with Crippen LogP contribution in [0.5, 0.6) is 5.75 Å². The zero-order valence-electron chi connectivity index (χ0n) is 25.4. The molecule has 0 aliphatic heterocycles. The first-order chi connectivity index (χ1) is 21.9. The van der Waals surface area contributed by atoms with Crippen LogP contribution < -0.4 is 15.0 Å².